The van der Waals surface area contributed by atoms with E-state index in [9.17, 15) is 4.79 Å². The molecule has 3 aromatic heterocycles. The number of carbonyl (C=O) groups is 1. The van der Waals surface area contributed by atoms with Crippen molar-refractivity contribution < 1.29 is 9.32 Å². The highest BCUT2D eigenvalue weighted by atomic mass is 32.1. The lowest BCUT2D eigenvalue weighted by molar-refractivity contribution is -0.117. The van der Waals surface area contributed by atoms with Gasteiger partial charge in [0.1, 0.15) is 0 Å². The maximum atomic E-state index is 12.5. The van der Waals surface area contributed by atoms with Gasteiger partial charge >= 0.3 is 0 Å². The Morgan fingerprint density at radius 2 is 2.04 bits per heavy atom. The number of nitrogens with one attached hydrogen (secondary N) is 1. The smallest absolute Gasteiger partial charge is 0.258 e. The molecule has 0 aliphatic heterocycles. The van der Waals surface area contributed by atoms with Crippen LogP contribution in [-0.2, 0) is 4.79 Å². The predicted molar refractivity (Wildman–Crippen MR) is 112 cm³/mol. The number of aryl methyl sites for hydroxylation is 1. The molecule has 1 aromatic carbocycles. The average molecular weight is 408 g/mol. The van der Waals surface area contributed by atoms with E-state index in [4.69, 9.17) is 4.52 Å². The molecular formula is C21H17N3O2S2. The highest BCUT2D eigenvalue weighted by Gasteiger charge is 2.44. The molecule has 2 unspecified atom stereocenters. The maximum Gasteiger partial charge on any atom is 0.258 e. The third-order valence-corrected chi connectivity index (χ3v) is 6.82. The Kier molecular flexibility index (Phi) is 4.33. The Morgan fingerprint density at radius 1 is 1.18 bits per heavy atom. The summed E-state index contributed by atoms with van der Waals surface area (Å²) in [6.45, 7) is 2.05. The summed E-state index contributed by atoms with van der Waals surface area (Å²) in [7, 11) is 0. The highest BCUT2D eigenvalue weighted by molar-refractivity contribution is 7.15. The van der Waals surface area contributed by atoms with Crippen molar-refractivity contribution in [1.29, 1.82) is 0 Å². The third kappa shape index (κ3) is 3.39. The summed E-state index contributed by atoms with van der Waals surface area (Å²) in [6.07, 6.45) is 0.928. The average Bonchev–Trinajstić information content (AvgIpc) is 3.12. The SMILES string of the molecule is Cc1ccc(-c2noc(-c3ccc(NC(=O)C4CC4c4cccs4)cc3)n2)s1. The van der Waals surface area contributed by atoms with Crippen molar-refractivity contribution in [2.45, 2.75) is 19.3 Å². The van der Waals surface area contributed by atoms with Crippen LogP contribution in [0.4, 0.5) is 5.69 Å². The van der Waals surface area contributed by atoms with E-state index < -0.39 is 0 Å². The number of aromatic nitrogens is 2. The molecule has 1 fully saturated rings. The fourth-order valence-electron chi connectivity index (χ4n) is 3.23. The molecule has 28 heavy (non-hydrogen) atoms. The van der Waals surface area contributed by atoms with Gasteiger partial charge in [-0.05, 0) is 61.2 Å². The van der Waals surface area contributed by atoms with Crippen molar-refractivity contribution in [2.75, 3.05) is 5.32 Å². The summed E-state index contributed by atoms with van der Waals surface area (Å²) in [4.78, 5) is 20.4. The van der Waals surface area contributed by atoms with Crippen LogP contribution in [0.15, 0.2) is 58.4 Å². The van der Waals surface area contributed by atoms with Gasteiger partial charge in [-0.15, -0.1) is 22.7 Å². The maximum absolute atomic E-state index is 12.5. The first-order valence-corrected chi connectivity index (χ1v) is 10.7. The van der Waals surface area contributed by atoms with Crippen molar-refractivity contribution in [3.63, 3.8) is 0 Å². The number of anilines is 1. The van der Waals surface area contributed by atoms with Gasteiger partial charge in [-0.1, -0.05) is 11.2 Å². The lowest BCUT2D eigenvalue weighted by Crippen LogP contribution is -2.14. The van der Waals surface area contributed by atoms with Crippen LogP contribution in [0.3, 0.4) is 0 Å². The molecule has 0 saturated heterocycles. The van der Waals surface area contributed by atoms with Crippen molar-refractivity contribution >= 4 is 34.3 Å². The first-order chi connectivity index (χ1) is 13.7. The summed E-state index contributed by atoms with van der Waals surface area (Å²) in [5, 5.41) is 9.14. The molecule has 1 N–H and O–H groups in total. The summed E-state index contributed by atoms with van der Waals surface area (Å²) in [5.74, 6) is 1.60. The van der Waals surface area contributed by atoms with Crippen molar-refractivity contribution in [3.05, 3.63) is 63.7 Å². The molecule has 1 aliphatic rings. The molecule has 4 aromatic rings. The Bertz CT molecular complexity index is 1110. The number of rotatable bonds is 5. The van der Waals surface area contributed by atoms with E-state index in [-0.39, 0.29) is 11.8 Å². The number of amides is 1. The monoisotopic (exact) mass is 407 g/mol. The predicted octanol–water partition coefficient (Wildman–Crippen LogP) is 5.58. The number of thiophene rings is 2. The highest BCUT2D eigenvalue weighted by Crippen LogP contribution is 2.49. The minimum absolute atomic E-state index is 0.0751. The van der Waals surface area contributed by atoms with Crippen LogP contribution < -0.4 is 5.32 Å². The van der Waals surface area contributed by atoms with Crippen molar-refractivity contribution in [1.82, 2.24) is 10.1 Å². The van der Waals surface area contributed by atoms with Gasteiger partial charge in [-0.3, -0.25) is 4.79 Å². The van der Waals surface area contributed by atoms with E-state index in [1.807, 2.05) is 49.4 Å². The van der Waals surface area contributed by atoms with Crippen molar-refractivity contribution in [3.8, 4) is 22.2 Å². The van der Waals surface area contributed by atoms with Gasteiger partial charge in [0.05, 0.1) is 4.88 Å². The molecular weight excluding hydrogens is 390 g/mol. The Balaban J connectivity index is 1.25. The van der Waals surface area contributed by atoms with Gasteiger partial charge in [-0.2, -0.15) is 4.98 Å². The minimum atomic E-state index is 0.0751. The largest absolute Gasteiger partial charge is 0.334 e. The molecule has 0 spiro atoms. The van der Waals surface area contributed by atoms with Gasteiger partial charge in [0.25, 0.3) is 5.89 Å². The van der Waals surface area contributed by atoms with Crippen LogP contribution in [0.5, 0.6) is 0 Å². The Labute approximate surface area is 170 Å². The minimum Gasteiger partial charge on any atom is -0.334 e. The van der Waals surface area contributed by atoms with E-state index in [0.29, 0.717) is 17.6 Å². The fraction of sp³-hybridized carbons (Fsp3) is 0.190. The molecule has 2 atom stereocenters. The molecule has 0 bridgehead atoms. The van der Waals surface area contributed by atoms with Gasteiger partial charge in [0, 0.05) is 32.8 Å². The molecule has 7 heteroatoms. The van der Waals surface area contributed by atoms with E-state index in [1.54, 1.807) is 22.7 Å². The number of benzene rings is 1. The number of carbonyl (C=O) groups excluding carboxylic acids is 1. The van der Waals surface area contributed by atoms with Crippen LogP contribution in [0, 0.1) is 12.8 Å². The molecule has 5 nitrogen and oxygen atoms in total. The second kappa shape index (κ2) is 7.00. The zero-order valence-electron chi connectivity index (χ0n) is 15.1. The molecule has 1 aliphatic carbocycles. The summed E-state index contributed by atoms with van der Waals surface area (Å²) in [5.41, 5.74) is 1.60. The Morgan fingerprint density at radius 3 is 2.75 bits per heavy atom. The summed E-state index contributed by atoms with van der Waals surface area (Å²) >= 11 is 3.35. The third-order valence-electron chi connectivity index (χ3n) is 4.82. The first kappa shape index (κ1) is 17.3. The molecule has 0 radical (unpaired) electrons. The quantitative estimate of drug-likeness (QED) is 0.469. The molecule has 140 valence electrons. The van der Waals surface area contributed by atoms with E-state index in [2.05, 4.69) is 26.9 Å². The van der Waals surface area contributed by atoms with Crippen LogP contribution in [0.1, 0.15) is 22.1 Å². The normalized spacial score (nSPS) is 18.2. The van der Waals surface area contributed by atoms with Gasteiger partial charge in [-0.25, -0.2) is 0 Å². The van der Waals surface area contributed by atoms with Crippen molar-refractivity contribution in [2.24, 2.45) is 5.92 Å². The number of nitrogens with zero attached hydrogens (tertiary/aromatic N) is 2. The lowest BCUT2D eigenvalue weighted by atomic mass is 10.2. The number of hydrogen-bond donors (Lipinski definition) is 1. The first-order valence-electron chi connectivity index (χ1n) is 9.02. The molecule has 1 amide bonds. The van der Waals surface area contributed by atoms with Gasteiger partial charge < -0.3 is 9.84 Å². The second-order valence-electron chi connectivity index (χ2n) is 6.86. The summed E-state index contributed by atoms with van der Waals surface area (Å²) < 4.78 is 5.40. The fourth-order valence-corrected chi connectivity index (χ4v) is 4.93. The van der Waals surface area contributed by atoms with E-state index in [1.165, 1.54) is 9.75 Å². The van der Waals surface area contributed by atoms with Crippen LogP contribution in [-0.4, -0.2) is 16.0 Å². The summed E-state index contributed by atoms with van der Waals surface area (Å²) in [6, 6.07) is 15.7. The van der Waals surface area contributed by atoms with Crippen LogP contribution in [0.25, 0.3) is 22.2 Å². The Hall–Kier alpha value is -2.77. The van der Waals surface area contributed by atoms with Crippen LogP contribution >= 0.6 is 22.7 Å². The second-order valence-corrected chi connectivity index (χ2v) is 9.13. The zero-order valence-corrected chi connectivity index (χ0v) is 16.7. The zero-order chi connectivity index (χ0) is 19.1. The van der Waals surface area contributed by atoms with Crippen LogP contribution in [0.2, 0.25) is 0 Å². The topological polar surface area (TPSA) is 68.0 Å². The van der Waals surface area contributed by atoms with E-state index >= 15 is 0 Å². The van der Waals surface area contributed by atoms with Gasteiger partial charge in [0.2, 0.25) is 11.7 Å². The molecule has 1 saturated carbocycles. The standard InChI is InChI=1S/C21H17N3O2S2/c1-12-4-9-18(28-12)19-23-21(26-24-19)13-5-7-14(8-6-13)22-20(25)16-11-15(16)17-3-2-10-27-17/h2-10,15-16H,11H2,1H3,(H,22,25). The molecule has 3 heterocycles. The molecule has 5 rings (SSSR count). The number of hydrogen-bond acceptors (Lipinski definition) is 6. The van der Waals surface area contributed by atoms with E-state index in [0.717, 1.165) is 22.5 Å². The van der Waals surface area contributed by atoms with Gasteiger partial charge in [0.15, 0.2) is 0 Å². The lowest BCUT2D eigenvalue weighted by Gasteiger charge is -2.05.